The van der Waals surface area contributed by atoms with Crippen LogP contribution in [0.1, 0.15) is 28.7 Å². The normalized spacial score (nSPS) is 17.6. The highest BCUT2D eigenvalue weighted by atomic mass is 79.9. The summed E-state index contributed by atoms with van der Waals surface area (Å²) >= 11 is 3.60. The third-order valence-corrected chi connectivity index (χ3v) is 4.88. The number of hydrogen-bond acceptors (Lipinski definition) is 3. The summed E-state index contributed by atoms with van der Waals surface area (Å²) in [6, 6.07) is 12.3. The largest absolute Gasteiger partial charge is 0.493 e. The number of halogens is 1. The van der Waals surface area contributed by atoms with Gasteiger partial charge in [-0.2, -0.15) is 0 Å². The van der Waals surface area contributed by atoms with Crippen molar-refractivity contribution >= 4 is 15.9 Å². The monoisotopic (exact) mass is 347 g/mol. The van der Waals surface area contributed by atoms with Crippen LogP contribution in [0.3, 0.4) is 0 Å². The number of nitrogens with two attached hydrogens (primary N) is 1. The molecular weight excluding hydrogens is 330 g/mol. The minimum atomic E-state index is -0.0610. The Bertz CT molecular complexity index is 672. The Morgan fingerprint density at radius 2 is 1.81 bits per heavy atom. The minimum absolute atomic E-state index is 0.0610. The van der Waals surface area contributed by atoms with Crippen LogP contribution in [0.4, 0.5) is 0 Å². The first-order valence-corrected chi connectivity index (χ1v) is 7.69. The van der Waals surface area contributed by atoms with E-state index in [0.717, 1.165) is 16.5 Å². The molecule has 21 heavy (non-hydrogen) atoms. The molecule has 0 amide bonds. The van der Waals surface area contributed by atoms with Crippen LogP contribution < -0.4 is 15.2 Å². The van der Waals surface area contributed by atoms with Crippen LogP contribution >= 0.6 is 15.9 Å². The lowest BCUT2D eigenvalue weighted by atomic mass is 9.72. The van der Waals surface area contributed by atoms with Gasteiger partial charge in [0.05, 0.1) is 14.2 Å². The van der Waals surface area contributed by atoms with Crippen molar-refractivity contribution in [1.82, 2.24) is 0 Å². The van der Waals surface area contributed by atoms with Crippen molar-refractivity contribution in [1.29, 1.82) is 0 Å². The van der Waals surface area contributed by atoms with Crippen molar-refractivity contribution in [3.8, 4) is 11.5 Å². The minimum Gasteiger partial charge on any atom is -0.493 e. The number of fused-ring (bicyclic) bond motifs is 1. The van der Waals surface area contributed by atoms with Crippen molar-refractivity contribution < 1.29 is 9.47 Å². The van der Waals surface area contributed by atoms with Crippen LogP contribution in [-0.2, 0) is 6.42 Å². The van der Waals surface area contributed by atoms with E-state index in [4.69, 9.17) is 15.2 Å². The maximum atomic E-state index is 6.50. The highest BCUT2D eigenvalue weighted by molar-refractivity contribution is 9.10. The molecule has 0 heterocycles. The predicted octanol–water partition coefficient (Wildman–Crippen LogP) is 3.81. The Morgan fingerprint density at radius 3 is 2.48 bits per heavy atom. The number of ether oxygens (including phenoxy) is 2. The van der Waals surface area contributed by atoms with Crippen LogP contribution in [0.25, 0.3) is 0 Å². The second kappa shape index (κ2) is 5.70. The summed E-state index contributed by atoms with van der Waals surface area (Å²) in [5.41, 5.74) is 10.3. The van der Waals surface area contributed by atoms with E-state index < -0.39 is 0 Å². The van der Waals surface area contributed by atoms with E-state index in [2.05, 4.69) is 40.2 Å². The zero-order chi connectivity index (χ0) is 15.0. The van der Waals surface area contributed by atoms with Gasteiger partial charge in [-0.25, -0.2) is 0 Å². The molecule has 2 aromatic rings. The topological polar surface area (TPSA) is 44.5 Å². The molecule has 2 N–H and O–H groups in total. The molecule has 1 aliphatic rings. The van der Waals surface area contributed by atoms with Gasteiger partial charge < -0.3 is 15.2 Å². The van der Waals surface area contributed by atoms with E-state index in [1.807, 2.05) is 12.1 Å². The molecule has 0 bridgehead atoms. The zero-order valence-electron chi connectivity index (χ0n) is 12.1. The molecule has 0 saturated heterocycles. The molecule has 0 radical (unpaired) electrons. The second-order valence-electron chi connectivity index (χ2n) is 5.26. The van der Waals surface area contributed by atoms with Crippen LogP contribution in [0.15, 0.2) is 40.9 Å². The quantitative estimate of drug-likeness (QED) is 0.914. The first-order valence-electron chi connectivity index (χ1n) is 6.90. The van der Waals surface area contributed by atoms with E-state index in [1.54, 1.807) is 14.2 Å². The van der Waals surface area contributed by atoms with Crippen molar-refractivity contribution in [2.24, 2.45) is 5.73 Å². The average Bonchev–Trinajstić information content (AvgIpc) is 2.48. The van der Waals surface area contributed by atoms with Gasteiger partial charge in [0.1, 0.15) is 0 Å². The Kier molecular flexibility index (Phi) is 3.91. The third kappa shape index (κ3) is 2.43. The summed E-state index contributed by atoms with van der Waals surface area (Å²) in [5, 5.41) is 0. The third-order valence-electron chi connectivity index (χ3n) is 4.19. The van der Waals surface area contributed by atoms with E-state index in [-0.39, 0.29) is 6.04 Å². The van der Waals surface area contributed by atoms with Gasteiger partial charge in [-0.3, -0.25) is 0 Å². The Hall–Kier alpha value is -1.52. The second-order valence-corrected chi connectivity index (χ2v) is 6.12. The van der Waals surface area contributed by atoms with Crippen molar-refractivity contribution in [2.75, 3.05) is 14.2 Å². The first-order chi connectivity index (χ1) is 10.2. The van der Waals surface area contributed by atoms with Crippen molar-refractivity contribution in [3.63, 3.8) is 0 Å². The van der Waals surface area contributed by atoms with Gasteiger partial charge in [0.25, 0.3) is 0 Å². The molecule has 2 aromatic carbocycles. The van der Waals surface area contributed by atoms with Crippen molar-refractivity contribution in [3.05, 3.63) is 57.6 Å². The van der Waals surface area contributed by atoms with Gasteiger partial charge in [0, 0.05) is 16.4 Å². The molecule has 110 valence electrons. The van der Waals surface area contributed by atoms with E-state index in [0.29, 0.717) is 17.4 Å². The lowest BCUT2D eigenvalue weighted by Gasteiger charge is -2.35. The fourth-order valence-electron chi connectivity index (χ4n) is 2.96. The summed E-state index contributed by atoms with van der Waals surface area (Å²) < 4.78 is 11.7. The molecule has 0 aromatic heterocycles. The molecule has 1 aliphatic carbocycles. The molecular formula is C17H18BrNO2. The van der Waals surface area contributed by atoms with E-state index >= 15 is 0 Å². The summed E-state index contributed by atoms with van der Waals surface area (Å²) in [4.78, 5) is 0. The molecule has 0 fully saturated rings. The van der Waals surface area contributed by atoms with E-state index in [9.17, 15) is 0 Å². The Balaban J connectivity index is 1.94. The van der Waals surface area contributed by atoms with Gasteiger partial charge in [-0.05, 0) is 35.2 Å². The summed E-state index contributed by atoms with van der Waals surface area (Å²) in [6.07, 6.45) is 1.03. The van der Waals surface area contributed by atoms with Gasteiger partial charge in [0.2, 0.25) is 0 Å². The Labute approximate surface area is 133 Å². The summed E-state index contributed by atoms with van der Waals surface area (Å²) in [6.45, 7) is 0. The molecule has 3 nitrogen and oxygen atoms in total. The van der Waals surface area contributed by atoms with E-state index in [1.165, 1.54) is 11.1 Å². The number of benzene rings is 2. The van der Waals surface area contributed by atoms with Crippen LogP contribution in [-0.4, -0.2) is 14.2 Å². The number of hydrogen-bond donors (Lipinski definition) is 1. The first kappa shape index (κ1) is 14.4. The molecule has 0 aliphatic heterocycles. The lowest BCUT2D eigenvalue weighted by Crippen LogP contribution is -2.29. The summed E-state index contributed by atoms with van der Waals surface area (Å²) in [5.74, 6) is 1.77. The van der Waals surface area contributed by atoms with Crippen molar-refractivity contribution in [2.45, 2.75) is 18.4 Å². The number of methoxy groups -OCH3 is 2. The van der Waals surface area contributed by atoms with Gasteiger partial charge in [-0.1, -0.05) is 40.2 Å². The molecule has 3 rings (SSSR count). The number of rotatable bonds is 4. The van der Waals surface area contributed by atoms with Crippen LogP contribution in [0, 0.1) is 0 Å². The molecule has 4 heteroatoms. The molecule has 0 saturated carbocycles. The highest BCUT2D eigenvalue weighted by Gasteiger charge is 2.32. The maximum absolute atomic E-state index is 6.50. The van der Waals surface area contributed by atoms with Gasteiger partial charge >= 0.3 is 0 Å². The fraction of sp³-hybridized carbons (Fsp3) is 0.294. The molecule has 0 spiro atoms. The maximum Gasteiger partial charge on any atom is 0.161 e. The Morgan fingerprint density at radius 1 is 1.14 bits per heavy atom. The average molecular weight is 348 g/mol. The predicted molar refractivity (Wildman–Crippen MR) is 87.1 cm³/mol. The highest BCUT2D eigenvalue weighted by Crippen LogP contribution is 2.45. The zero-order valence-corrected chi connectivity index (χ0v) is 13.7. The van der Waals surface area contributed by atoms with Gasteiger partial charge in [0.15, 0.2) is 11.5 Å². The smallest absolute Gasteiger partial charge is 0.161 e. The molecule has 2 unspecified atom stereocenters. The molecule has 2 atom stereocenters. The van der Waals surface area contributed by atoms with Crippen LogP contribution in [0.2, 0.25) is 0 Å². The summed E-state index contributed by atoms with van der Waals surface area (Å²) in [7, 11) is 3.27. The fourth-order valence-corrected chi connectivity index (χ4v) is 3.55. The standard InChI is InChI=1S/C17H18BrNO2/c1-20-15-8-13(14(18)9-16(15)21-2)17(19)12-7-10-5-3-4-6-11(10)12/h3-6,8-9,12,17H,7,19H2,1-2H3. The van der Waals surface area contributed by atoms with Gasteiger partial charge in [-0.15, -0.1) is 0 Å². The SMILES string of the molecule is COc1cc(Br)c(C(N)C2Cc3ccccc32)cc1OC. The lowest BCUT2D eigenvalue weighted by molar-refractivity contribution is 0.353. The van der Waals surface area contributed by atoms with Crippen LogP contribution in [0.5, 0.6) is 11.5 Å².